The van der Waals surface area contributed by atoms with Crippen LogP contribution in [0.5, 0.6) is 0 Å². The van der Waals surface area contributed by atoms with Crippen molar-refractivity contribution in [1.29, 1.82) is 0 Å². The topological polar surface area (TPSA) is 74.9 Å². The highest BCUT2D eigenvalue weighted by Crippen LogP contribution is 2.43. The van der Waals surface area contributed by atoms with E-state index in [0.717, 1.165) is 22.2 Å². The second-order valence-electron chi connectivity index (χ2n) is 7.22. The number of aromatic amines is 1. The van der Waals surface area contributed by atoms with Gasteiger partial charge in [0.2, 0.25) is 5.92 Å². The number of fused-ring (bicyclic) bond motifs is 1. The Balaban J connectivity index is 1.73. The number of alkyl halides is 2. The Morgan fingerprint density at radius 3 is 2.88 bits per heavy atom. The number of rotatable bonds is 3. The summed E-state index contributed by atoms with van der Waals surface area (Å²) >= 11 is 0. The van der Waals surface area contributed by atoms with Crippen LogP contribution in [0.2, 0.25) is 0 Å². The molecule has 138 valence electrons. The number of aromatic nitrogens is 3. The molecular weight excluding hydrogens is 340 g/mol. The number of aliphatic hydroxyl groups is 1. The van der Waals surface area contributed by atoms with E-state index in [4.69, 9.17) is 4.52 Å². The average Bonchev–Trinajstić information content (AvgIpc) is 3.16. The number of nitrogens with one attached hydrogen (secondary N) is 1. The summed E-state index contributed by atoms with van der Waals surface area (Å²) in [6.07, 6.45) is 3.10. The Labute approximate surface area is 149 Å². The van der Waals surface area contributed by atoms with Gasteiger partial charge < -0.3 is 14.6 Å². The summed E-state index contributed by atoms with van der Waals surface area (Å²) < 4.78 is 32.7. The Morgan fingerprint density at radius 1 is 1.38 bits per heavy atom. The molecule has 0 bridgehead atoms. The fraction of sp³-hybridized carbons (Fsp3) is 0.474. The van der Waals surface area contributed by atoms with Gasteiger partial charge in [-0.05, 0) is 38.7 Å². The van der Waals surface area contributed by atoms with Crippen molar-refractivity contribution in [3.63, 3.8) is 0 Å². The Bertz CT molecular complexity index is 928. The predicted molar refractivity (Wildman–Crippen MR) is 92.9 cm³/mol. The number of nitrogens with zero attached hydrogens (tertiary/aromatic N) is 2. The number of pyridine rings is 1. The molecule has 0 aromatic carbocycles. The molecule has 5 nitrogen and oxygen atoms in total. The molecule has 1 saturated carbocycles. The lowest BCUT2D eigenvalue weighted by atomic mass is 9.81. The van der Waals surface area contributed by atoms with Gasteiger partial charge in [-0.25, -0.2) is 13.8 Å². The van der Waals surface area contributed by atoms with Crippen LogP contribution in [0, 0.1) is 19.8 Å². The maximum atomic E-state index is 13.8. The summed E-state index contributed by atoms with van der Waals surface area (Å²) in [6, 6.07) is 1.91. The molecule has 4 rings (SSSR count). The Morgan fingerprint density at radius 2 is 2.19 bits per heavy atom. The normalized spacial score (nSPS) is 21.2. The van der Waals surface area contributed by atoms with E-state index >= 15 is 0 Å². The van der Waals surface area contributed by atoms with Crippen LogP contribution in [0.4, 0.5) is 8.78 Å². The number of aliphatic hydroxyl groups excluding tert-OH is 1. The lowest BCUT2D eigenvalue weighted by Crippen LogP contribution is -2.29. The van der Waals surface area contributed by atoms with Crippen molar-refractivity contribution in [1.82, 2.24) is 15.1 Å². The fourth-order valence-corrected chi connectivity index (χ4v) is 4.03. The summed E-state index contributed by atoms with van der Waals surface area (Å²) in [5.41, 5.74) is 3.69. The van der Waals surface area contributed by atoms with Gasteiger partial charge in [0.05, 0.1) is 11.8 Å². The first-order valence-electron chi connectivity index (χ1n) is 8.82. The maximum absolute atomic E-state index is 13.8. The van der Waals surface area contributed by atoms with Crippen LogP contribution in [-0.2, 0) is 0 Å². The lowest BCUT2D eigenvalue weighted by molar-refractivity contribution is -0.0759. The van der Waals surface area contributed by atoms with Crippen LogP contribution in [0.25, 0.3) is 22.2 Å². The minimum atomic E-state index is -2.70. The van der Waals surface area contributed by atoms with Crippen molar-refractivity contribution < 1.29 is 18.4 Å². The van der Waals surface area contributed by atoms with E-state index in [1.54, 1.807) is 12.4 Å². The first kappa shape index (κ1) is 17.1. The number of halogens is 2. The summed E-state index contributed by atoms with van der Waals surface area (Å²) in [4.78, 5) is 7.44. The number of hydrogen-bond donors (Lipinski definition) is 2. The molecule has 3 heterocycles. The van der Waals surface area contributed by atoms with Crippen molar-refractivity contribution >= 4 is 11.0 Å². The lowest BCUT2D eigenvalue weighted by Gasteiger charge is -2.31. The summed E-state index contributed by atoms with van der Waals surface area (Å²) in [6.45, 7) is 3.68. The molecule has 7 heteroatoms. The molecule has 0 amide bonds. The Kier molecular flexibility index (Phi) is 4.06. The van der Waals surface area contributed by atoms with Crippen molar-refractivity contribution in [2.45, 2.75) is 51.6 Å². The zero-order valence-electron chi connectivity index (χ0n) is 14.7. The molecule has 1 aliphatic carbocycles. The second-order valence-corrected chi connectivity index (χ2v) is 7.22. The van der Waals surface area contributed by atoms with Gasteiger partial charge in [-0.15, -0.1) is 0 Å². The van der Waals surface area contributed by atoms with Gasteiger partial charge in [0.1, 0.15) is 11.4 Å². The first-order chi connectivity index (χ1) is 12.4. The molecule has 1 fully saturated rings. The van der Waals surface area contributed by atoms with Crippen LogP contribution in [0.3, 0.4) is 0 Å². The zero-order chi connectivity index (χ0) is 18.5. The molecule has 0 aliphatic heterocycles. The van der Waals surface area contributed by atoms with Crippen molar-refractivity contribution in [2.24, 2.45) is 5.92 Å². The fourth-order valence-electron chi connectivity index (χ4n) is 4.03. The highest BCUT2D eigenvalue weighted by Gasteiger charge is 2.39. The molecule has 26 heavy (non-hydrogen) atoms. The summed E-state index contributed by atoms with van der Waals surface area (Å²) in [7, 11) is 0. The number of hydrogen-bond acceptors (Lipinski definition) is 4. The Hall–Kier alpha value is -2.28. The highest BCUT2D eigenvalue weighted by molar-refractivity contribution is 5.85. The van der Waals surface area contributed by atoms with Crippen molar-refractivity contribution in [3.8, 4) is 11.1 Å². The van der Waals surface area contributed by atoms with E-state index in [2.05, 4.69) is 15.1 Å². The maximum Gasteiger partial charge on any atom is 0.248 e. The molecular formula is C19H21F2N3O2. The quantitative estimate of drug-likeness (QED) is 0.709. The molecule has 2 unspecified atom stereocenters. The SMILES string of the molecule is Cc1noc(C)c1-c1cnc2[nH]cc(C(O)C3CCCC(F)(F)C3)c2c1. The average molecular weight is 361 g/mol. The van der Waals surface area contributed by atoms with Crippen LogP contribution in [0.15, 0.2) is 23.0 Å². The molecule has 0 radical (unpaired) electrons. The van der Waals surface area contributed by atoms with Gasteiger partial charge in [-0.3, -0.25) is 0 Å². The smallest absolute Gasteiger partial charge is 0.248 e. The second kappa shape index (κ2) is 6.16. The molecule has 0 spiro atoms. The highest BCUT2D eigenvalue weighted by atomic mass is 19.3. The van der Waals surface area contributed by atoms with E-state index in [-0.39, 0.29) is 12.8 Å². The van der Waals surface area contributed by atoms with E-state index in [1.807, 2.05) is 19.9 Å². The van der Waals surface area contributed by atoms with E-state index in [9.17, 15) is 13.9 Å². The van der Waals surface area contributed by atoms with Gasteiger partial charge in [-0.2, -0.15) is 0 Å². The summed E-state index contributed by atoms with van der Waals surface area (Å²) in [5, 5.41) is 15.5. The van der Waals surface area contributed by atoms with E-state index in [1.165, 1.54) is 0 Å². The summed E-state index contributed by atoms with van der Waals surface area (Å²) in [5.74, 6) is -2.47. The number of aryl methyl sites for hydroxylation is 2. The molecule has 3 aromatic rings. The van der Waals surface area contributed by atoms with Gasteiger partial charge in [-0.1, -0.05) is 5.16 Å². The molecule has 1 aliphatic rings. The van der Waals surface area contributed by atoms with Crippen LogP contribution >= 0.6 is 0 Å². The van der Waals surface area contributed by atoms with Gasteiger partial charge in [0, 0.05) is 47.3 Å². The minimum absolute atomic E-state index is 0.0954. The number of H-pyrrole nitrogens is 1. The molecule has 2 N–H and O–H groups in total. The standard InChI is InChI=1S/C19H21F2N3O2/c1-10-16(11(2)26-24-10)13-6-14-15(9-23-18(14)22-8-13)17(25)12-4-3-5-19(20,21)7-12/h6,8-9,12,17,25H,3-5,7H2,1-2H3,(H,22,23). The third-order valence-corrected chi connectivity index (χ3v) is 5.33. The van der Waals surface area contributed by atoms with E-state index in [0.29, 0.717) is 29.8 Å². The van der Waals surface area contributed by atoms with Gasteiger partial charge >= 0.3 is 0 Å². The largest absolute Gasteiger partial charge is 0.388 e. The van der Waals surface area contributed by atoms with Crippen molar-refractivity contribution in [2.75, 3.05) is 0 Å². The van der Waals surface area contributed by atoms with Crippen LogP contribution in [-0.4, -0.2) is 26.2 Å². The van der Waals surface area contributed by atoms with Crippen LogP contribution in [0.1, 0.15) is 48.8 Å². The minimum Gasteiger partial charge on any atom is -0.388 e. The third kappa shape index (κ3) is 2.90. The predicted octanol–water partition coefficient (Wildman–Crippen LogP) is 4.69. The first-order valence-corrected chi connectivity index (χ1v) is 8.82. The third-order valence-electron chi connectivity index (χ3n) is 5.33. The van der Waals surface area contributed by atoms with Gasteiger partial charge in [0.15, 0.2) is 0 Å². The van der Waals surface area contributed by atoms with E-state index < -0.39 is 17.9 Å². The molecule has 2 atom stereocenters. The van der Waals surface area contributed by atoms with Gasteiger partial charge in [0.25, 0.3) is 0 Å². The van der Waals surface area contributed by atoms with Crippen LogP contribution < -0.4 is 0 Å². The van der Waals surface area contributed by atoms with Crippen molar-refractivity contribution in [3.05, 3.63) is 35.5 Å². The molecule has 0 saturated heterocycles. The monoisotopic (exact) mass is 361 g/mol. The molecule has 3 aromatic heterocycles. The zero-order valence-corrected chi connectivity index (χ0v) is 14.7.